The normalized spacial score (nSPS) is 11.9. The third kappa shape index (κ3) is 3.57. The van der Waals surface area contributed by atoms with E-state index in [-0.39, 0.29) is 11.9 Å². The molecule has 0 heterocycles. The predicted octanol–water partition coefficient (Wildman–Crippen LogP) is 4.20. The highest BCUT2D eigenvalue weighted by molar-refractivity contribution is 6.30. The molecule has 2 aromatic rings. The number of hydrogen-bond acceptors (Lipinski definition) is 2. The van der Waals surface area contributed by atoms with Crippen molar-refractivity contribution in [3.05, 3.63) is 70.0 Å². The number of halogens is 2. The lowest BCUT2D eigenvalue weighted by Crippen LogP contribution is -2.18. The zero-order valence-corrected chi connectivity index (χ0v) is 11.8. The van der Waals surface area contributed by atoms with Gasteiger partial charge in [0.2, 0.25) is 0 Å². The van der Waals surface area contributed by atoms with E-state index in [1.54, 1.807) is 6.07 Å². The van der Waals surface area contributed by atoms with Crippen LogP contribution in [0, 0.1) is 17.1 Å². The first-order valence-electron chi connectivity index (χ1n) is 6.27. The maximum Gasteiger partial charge on any atom is 0.127 e. The van der Waals surface area contributed by atoms with Crippen LogP contribution in [0.25, 0.3) is 0 Å². The molecular formula is C16H14ClFN2. The van der Waals surface area contributed by atoms with E-state index in [1.165, 1.54) is 12.1 Å². The largest absolute Gasteiger partial charge is 0.306 e. The van der Waals surface area contributed by atoms with Gasteiger partial charge in [-0.05, 0) is 42.8 Å². The fraction of sp³-hybridized carbons (Fsp3) is 0.188. The lowest BCUT2D eigenvalue weighted by atomic mass is 10.1. The third-order valence-corrected chi connectivity index (χ3v) is 3.40. The van der Waals surface area contributed by atoms with Crippen LogP contribution in [0.2, 0.25) is 5.02 Å². The third-order valence-electron chi connectivity index (χ3n) is 3.14. The van der Waals surface area contributed by atoms with Crippen molar-refractivity contribution in [3.63, 3.8) is 0 Å². The Labute approximate surface area is 122 Å². The second kappa shape index (κ2) is 6.51. The average Bonchev–Trinajstić information content (AvgIpc) is 2.47. The van der Waals surface area contributed by atoms with Crippen molar-refractivity contribution in [2.75, 3.05) is 0 Å². The van der Waals surface area contributed by atoms with Crippen molar-refractivity contribution >= 4 is 11.6 Å². The van der Waals surface area contributed by atoms with E-state index >= 15 is 0 Å². The molecule has 1 atom stereocenters. The fourth-order valence-electron chi connectivity index (χ4n) is 1.91. The summed E-state index contributed by atoms with van der Waals surface area (Å²) in [5.41, 5.74) is 2.03. The van der Waals surface area contributed by atoms with Crippen molar-refractivity contribution in [2.24, 2.45) is 0 Å². The Balaban J connectivity index is 2.05. The molecule has 0 saturated heterocycles. The van der Waals surface area contributed by atoms with Gasteiger partial charge in [-0.2, -0.15) is 5.26 Å². The molecule has 0 unspecified atom stereocenters. The molecule has 0 radical (unpaired) electrons. The Morgan fingerprint density at radius 1 is 1.25 bits per heavy atom. The molecule has 2 nitrogen and oxygen atoms in total. The molecule has 0 spiro atoms. The summed E-state index contributed by atoms with van der Waals surface area (Å²) in [6, 6.07) is 14.0. The zero-order chi connectivity index (χ0) is 14.5. The van der Waals surface area contributed by atoms with Crippen LogP contribution in [0.1, 0.15) is 29.7 Å². The highest BCUT2D eigenvalue weighted by Crippen LogP contribution is 2.17. The van der Waals surface area contributed by atoms with Gasteiger partial charge >= 0.3 is 0 Å². The topological polar surface area (TPSA) is 35.8 Å². The van der Waals surface area contributed by atoms with Crippen LogP contribution in [0.5, 0.6) is 0 Å². The van der Waals surface area contributed by atoms with E-state index in [4.69, 9.17) is 16.9 Å². The monoisotopic (exact) mass is 288 g/mol. The van der Waals surface area contributed by atoms with E-state index in [1.807, 2.05) is 37.3 Å². The fourth-order valence-corrected chi connectivity index (χ4v) is 2.04. The number of nitriles is 1. The quantitative estimate of drug-likeness (QED) is 0.915. The van der Waals surface area contributed by atoms with Crippen LogP contribution in [-0.2, 0) is 6.54 Å². The van der Waals surface area contributed by atoms with Crippen molar-refractivity contribution < 1.29 is 4.39 Å². The van der Waals surface area contributed by atoms with Gasteiger partial charge in [0.25, 0.3) is 0 Å². The Morgan fingerprint density at radius 3 is 2.60 bits per heavy atom. The molecule has 0 amide bonds. The maximum atomic E-state index is 13.6. The number of hydrogen-bond donors (Lipinski definition) is 1. The van der Waals surface area contributed by atoms with Gasteiger partial charge in [-0.25, -0.2) is 4.39 Å². The van der Waals surface area contributed by atoms with Crippen LogP contribution in [0.4, 0.5) is 4.39 Å². The van der Waals surface area contributed by atoms with Crippen LogP contribution in [0.15, 0.2) is 42.5 Å². The van der Waals surface area contributed by atoms with Crippen molar-refractivity contribution in [1.82, 2.24) is 5.32 Å². The lowest BCUT2D eigenvalue weighted by Gasteiger charge is -2.15. The summed E-state index contributed by atoms with van der Waals surface area (Å²) in [5, 5.41) is 12.8. The summed E-state index contributed by atoms with van der Waals surface area (Å²) in [5.74, 6) is -0.306. The standard InChI is InChI=1S/C16H14ClFN2/c1-11(13-3-5-15(17)6-4-13)20-10-14-8-12(9-19)2-7-16(14)18/h2-8,11,20H,10H2,1H3/t11-/m0/s1. The van der Waals surface area contributed by atoms with Crippen LogP contribution in [-0.4, -0.2) is 0 Å². The molecule has 102 valence electrons. The van der Waals surface area contributed by atoms with Crippen molar-refractivity contribution in [1.29, 1.82) is 5.26 Å². The minimum atomic E-state index is -0.306. The second-order valence-corrected chi connectivity index (χ2v) is 5.01. The maximum absolute atomic E-state index is 13.6. The van der Waals surface area contributed by atoms with Crippen LogP contribution < -0.4 is 5.32 Å². The SMILES string of the molecule is C[C@H](NCc1cc(C#N)ccc1F)c1ccc(Cl)cc1. The molecule has 0 saturated carbocycles. The smallest absolute Gasteiger partial charge is 0.127 e. The van der Waals surface area contributed by atoms with Gasteiger partial charge < -0.3 is 5.32 Å². The summed E-state index contributed by atoms with van der Waals surface area (Å²) < 4.78 is 13.6. The first kappa shape index (κ1) is 14.5. The van der Waals surface area contributed by atoms with Gasteiger partial charge in [0, 0.05) is 23.2 Å². The van der Waals surface area contributed by atoms with Crippen LogP contribution in [0.3, 0.4) is 0 Å². The van der Waals surface area contributed by atoms with E-state index in [2.05, 4.69) is 5.32 Å². The Hall–Kier alpha value is -1.89. The van der Waals surface area contributed by atoms with Crippen molar-refractivity contribution in [3.8, 4) is 6.07 Å². The number of nitrogens with zero attached hydrogens (tertiary/aromatic N) is 1. The molecule has 1 N–H and O–H groups in total. The van der Waals surface area contributed by atoms with Gasteiger partial charge in [-0.1, -0.05) is 23.7 Å². The average molecular weight is 289 g/mol. The molecule has 0 aliphatic carbocycles. The molecular weight excluding hydrogens is 275 g/mol. The second-order valence-electron chi connectivity index (χ2n) is 4.57. The Kier molecular flexibility index (Phi) is 4.73. The van der Waals surface area contributed by atoms with Gasteiger partial charge in [0.05, 0.1) is 11.6 Å². The van der Waals surface area contributed by atoms with E-state index in [0.717, 1.165) is 5.56 Å². The van der Waals surface area contributed by atoms with Crippen molar-refractivity contribution in [2.45, 2.75) is 19.5 Å². The number of rotatable bonds is 4. The lowest BCUT2D eigenvalue weighted by molar-refractivity contribution is 0.544. The molecule has 0 aromatic heterocycles. The molecule has 20 heavy (non-hydrogen) atoms. The summed E-state index contributed by atoms with van der Waals surface area (Å²) in [7, 11) is 0. The summed E-state index contributed by atoms with van der Waals surface area (Å²) in [4.78, 5) is 0. The molecule has 0 fully saturated rings. The molecule has 2 rings (SSSR count). The number of nitrogens with one attached hydrogen (secondary N) is 1. The minimum Gasteiger partial charge on any atom is -0.306 e. The first-order chi connectivity index (χ1) is 9.60. The number of benzene rings is 2. The molecule has 0 bridgehead atoms. The van der Waals surface area contributed by atoms with Crippen LogP contribution >= 0.6 is 11.6 Å². The van der Waals surface area contributed by atoms with E-state index < -0.39 is 0 Å². The molecule has 4 heteroatoms. The Morgan fingerprint density at radius 2 is 1.95 bits per heavy atom. The van der Waals surface area contributed by atoms with E-state index in [0.29, 0.717) is 22.7 Å². The van der Waals surface area contributed by atoms with Gasteiger partial charge in [0.15, 0.2) is 0 Å². The molecule has 0 aliphatic heterocycles. The van der Waals surface area contributed by atoms with Gasteiger partial charge in [-0.15, -0.1) is 0 Å². The predicted molar refractivity (Wildman–Crippen MR) is 77.8 cm³/mol. The summed E-state index contributed by atoms with van der Waals surface area (Å²) in [6.45, 7) is 2.36. The van der Waals surface area contributed by atoms with E-state index in [9.17, 15) is 4.39 Å². The first-order valence-corrected chi connectivity index (χ1v) is 6.65. The zero-order valence-electron chi connectivity index (χ0n) is 11.0. The molecule has 2 aromatic carbocycles. The molecule has 0 aliphatic rings. The highest BCUT2D eigenvalue weighted by Gasteiger charge is 2.08. The highest BCUT2D eigenvalue weighted by atomic mass is 35.5. The Bertz CT molecular complexity index is 632. The van der Waals surface area contributed by atoms with Gasteiger partial charge in [0.1, 0.15) is 5.82 Å². The van der Waals surface area contributed by atoms with Gasteiger partial charge in [-0.3, -0.25) is 0 Å². The summed E-state index contributed by atoms with van der Waals surface area (Å²) in [6.07, 6.45) is 0. The summed E-state index contributed by atoms with van der Waals surface area (Å²) >= 11 is 5.84. The minimum absolute atomic E-state index is 0.0670.